The van der Waals surface area contributed by atoms with Gasteiger partial charge in [0.2, 0.25) is 5.91 Å². The van der Waals surface area contributed by atoms with E-state index in [0.717, 1.165) is 35.9 Å². The maximum atomic E-state index is 11.8. The van der Waals surface area contributed by atoms with Crippen LogP contribution in [0, 0.1) is 6.92 Å². The van der Waals surface area contributed by atoms with Gasteiger partial charge in [0, 0.05) is 17.3 Å². The molecule has 1 aromatic heterocycles. The first-order chi connectivity index (χ1) is 8.65. The van der Waals surface area contributed by atoms with Crippen molar-refractivity contribution >= 4 is 27.7 Å². The molecule has 1 aliphatic rings. The van der Waals surface area contributed by atoms with Crippen molar-refractivity contribution in [1.82, 2.24) is 4.98 Å². The van der Waals surface area contributed by atoms with E-state index < -0.39 is 0 Å². The molecule has 1 saturated heterocycles. The fraction of sp³-hybridized carbons (Fsp3) is 0.538. The lowest BCUT2D eigenvalue weighted by atomic mass is 10.1. The van der Waals surface area contributed by atoms with Gasteiger partial charge >= 0.3 is 0 Å². The maximum Gasteiger partial charge on any atom is 0.228 e. The van der Waals surface area contributed by atoms with Crippen LogP contribution in [0.5, 0.6) is 0 Å². The molecule has 1 fully saturated rings. The predicted octanol–water partition coefficient (Wildman–Crippen LogP) is 3.05. The van der Waals surface area contributed by atoms with Crippen molar-refractivity contribution in [2.75, 3.05) is 11.9 Å². The summed E-state index contributed by atoms with van der Waals surface area (Å²) in [6.07, 6.45) is 5.40. The lowest BCUT2D eigenvalue weighted by molar-refractivity contribution is -0.119. The highest BCUT2D eigenvalue weighted by Crippen LogP contribution is 2.19. The number of ether oxygens (including phenoxy) is 1. The minimum Gasteiger partial charge on any atom is -0.378 e. The Balaban J connectivity index is 1.88. The first-order valence-electron chi connectivity index (χ1n) is 6.19. The van der Waals surface area contributed by atoms with Gasteiger partial charge in [-0.25, -0.2) is 4.98 Å². The molecular weight excluding hydrogens is 296 g/mol. The fourth-order valence-electron chi connectivity index (χ4n) is 1.98. The first kappa shape index (κ1) is 13.5. The van der Waals surface area contributed by atoms with E-state index in [0.29, 0.717) is 12.2 Å². The van der Waals surface area contributed by atoms with Crippen LogP contribution in [-0.2, 0) is 9.53 Å². The molecule has 2 heterocycles. The van der Waals surface area contributed by atoms with E-state index in [-0.39, 0.29) is 12.0 Å². The summed E-state index contributed by atoms with van der Waals surface area (Å²) in [5, 5.41) is 2.81. The van der Waals surface area contributed by atoms with Crippen molar-refractivity contribution in [3.8, 4) is 0 Å². The zero-order chi connectivity index (χ0) is 13.0. The van der Waals surface area contributed by atoms with E-state index in [4.69, 9.17) is 4.74 Å². The number of carbonyl (C=O) groups is 1. The summed E-state index contributed by atoms with van der Waals surface area (Å²) < 4.78 is 6.48. The molecule has 1 atom stereocenters. The molecule has 1 amide bonds. The summed E-state index contributed by atoms with van der Waals surface area (Å²) in [5.74, 6) is 0.563. The number of anilines is 1. The molecule has 0 spiro atoms. The fourth-order valence-corrected chi connectivity index (χ4v) is 2.19. The second kappa shape index (κ2) is 6.29. The second-order valence-electron chi connectivity index (χ2n) is 4.56. The quantitative estimate of drug-likeness (QED) is 0.933. The van der Waals surface area contributed by atoms with Crippen LogP contribution in [0.15, 0.2) is 16.7 Å². The van der Waals surface area contributed by atoms with E-state index in [2.05, 4.69) is 26.2 Å². The van der Waals surface area contributed by atoms with E-state index in [1.54, 1.807) is 6.20 Å². The Hall–Kier alpha value is -0.940. The number of amides is 1. The monoisotopic (exact) mass is 312 g/mol. The predicted molar refractivity (Wildman–Crippen MR) is 73.5 cm³/mol. The summed E-state index contributed by atoms with van der Waals surface area (Å²) >= 11 is 3.38. The molecule has 0 aromatic carbocycles. The van der Waals surface area contributed by atoms with E-state index in [1.807, 2.05) is 13.0 Å². The van der Waals surface area contributed by atoms with Gasteiger partial charge in [0.25, 0.3) is 0 Å². The minimum atomic E-state index is -0.0314. The van der Waals surface area contributed by atoms with Crippen LogP contribution < -0.4 is 5.32 Å². The normalized spacial score (nSPS) is 19.6. The molecule has 0 radical (unpaired) electrons. The third kappa shape index (κ3) is 3.78. The van der Waals surface area contributed by atoms with Gasteiger partial charge in [0.05, 0.1) is 12.5 Å². The molecule has 0 aliphatic carbocycles. The highest BCUT2D eigenvalue weighted by Gasteiger charge is 2.17. The van der Waals surface area contributed by atoms with Crippen LogP contribution in [-0.4, -0.2) is 23.6 Å². The van der Waals surface area contributed by atoms with Crippen molar-refractivity contribution in [2.24, 2.45) is 0 Å². The SMILES string of the molecule is Cc1cc(NC(=O)CC2CCCCO2)ncc1Br. The number of aromatic nitrogens is 1. The third-order valence-corrected chi connectivity index (χ3v) is 3.83. The van der Waals surface area contributed by atoms with Crippen molar-refractivity contribution < 1.29 is 9.53 Å². The Morgan fingerprint density at radius 3 is 3.11 bits per heavy atom. The zero-order valence-electron chi connectivity index (χ0n) is 10.4. The van der Waals surface area contributed by atoms with Crippen molar-refractivity contribution in [2.45, 2.75) is 38.7 Å². The number of halogens is 1. The van der Waals surface area contributed by atoms with E-state index >= 15 is 0 Å². The highest BCUT2D eigenvalue weighted by atomic mass is 79.9. The standard InChI is InChI=1S/C13H17BrN2O2/c1-9-6-12(15-8-11(9)14)16-13(17)7-10-4-2-3-5-18-10/h6,8,10H,2-5,7H2,1H3,(H,15,16,17). The van der Waals surface area contributed by atoms with Crippen molar-refractivity contribution in [3.63, 3.8) is 0 Å². The molecule has 0 bridgehead atoms. The molecule has 1 unspecified atom stereocenters. The molecule has 0 saturated carbocycles. The molecular formula is C13H17BrN2O2. The van der Waals surface area contributed by atoms with Gasteiger partial charge in [0.1, 0.15) is 5.82 Å². The number of aryl methyl sites for hydroxylation is 1. The van der Waals surface area contributed by atoms with Crippen LogP contribution >= 0.6 is 15.9 Å². The topological polar surface area (TPSA) is 51.2 Å². The van der Waals surface area contributed by atoms with Crippen LogP contribution in [0.25, 0.3) is 0 Å². The van der Waals surface area contributed by atoms with Gasteiger partial charge in [-0.1, -0.05) is 0 Å². The van der Waals surface area contributed by atoms with Crippen LogP contribution in [0.2, 0.25) is 0 Å². The number of nitrogens with zero attached hydrogens (tertiary/aromatic N) is 1. The number of pyridine rings is 1. The minimum absolute atomic E-state index is 0.0314. The molecule has 1 aromatic rings. The van der Waals surface area contributed by atoms with Gasteiger partial charge in [-0.2, -0.15) is 0 Å². The Morgan fingerprint density at radius 2 is 2.44 bits per heavy atom. The lowest BCUT2D eigenvalue weighted by Crippen LogP contribution is -2.25. The molecule has 4 nitrogen and oxygen atoms in total. The summed E-state index contributed by atoms with van der Waals surface area (Å²) in [7, 11) is 0. The van der Waals surface area contributed by atoms with Gasteiger partial charge in [0.15, 0.2) is 0 Å². The Kier molecular flexibility index (Phi) is 4.72. The summed E-state index contributed by atoms with van der Waals surface area (Å²) in [6, 6.07) is 1.85. The van der Waals surface area contributed by atoms with Crippen molar-refractivity contribution in [3.05, 3.63) is 22.3 Å². The summed E-state index contributed by atoms with van der Waals surface area (Å²) in [4.78, 5) is 16.0. The second-order valence-corrected chi connectivity index (χ2v) is 5.41. The maximum absolute atomic E-state index is 11.8. The molecule has 1 N–H and O–H groups in total. The molecule has 98 valence electrons. The van der Waals surface area contributed by atoms with Gasteiger partial charge in [-0.3, -0.25) is 4.79 Å². The zero-order valence-corrected chi connectivity index (χ0v) is 12.0. The number of hydrogen-bond acceptors (Lipinski definition) is 3. The number of nitrogens with one attached hydrogen (secondary N) is 1. The Bertz CT molecular complexity index is 431. The van der Waals surface area contributed by atoms with E-state index in [9.17, 15) is 4.79 Å². The van der Waals surface area contributed by atoms with Crippen LogP contribution in [0.4, 0.5) is 5.82 Å². The van der Waals surface area contributed by atoms with Crippen molar-refractivity contribution in [1.29, 1.82) is 0 Å². The average Bonchev–Trinajstić information content (AvgIpc) is 2.35. The summed E-state index contributed by atoms with van der Waals surface area (Å²) in [6.45, 7) is 2.74. The Morgan fingerprint density at radius 1 is 1.61 bits per heavy atom. The number of hydrogen-bond donors (Lipinski definition) is 1. The van der Waals surface area contributed by atoms with E-state index in [1.165, 1.54) is 0 Å². The lowest BCUT2D eigenvalue weighted by Gasteiger charge is -2.21. The first-order valence-corrected chi connectivity index (χ1v) is 6.98. The summed E-state index contributed by atoms with van der Waals surface area (Å²) in [5.41, 5.74) is 1.05. The molecule has 1 aliphatic heterocycles. The van der Waals surface area contributed by atoms with Gasteiger partial charge in [-0.15, -0.1) is 0 Å². The number of rotatable bonds is 3. The number of carbonyl (C=O) groups excluding carboxylic acids is 1. The Labute approximate surface area is 115 Å². The highest BCUT2D eigenvalue weighted by molar-refractivity contribution is 9.10. The third-order valence-electron chi connectivity index (χ3n) is 3.00. The molecule has 2 rings (SSSR count). The van der Waals surface area contributed by atoms with Crippen LogP contribution in [0.1, 0.15) is 31.2 Å². The smallest absolute Gasteiger partial charge is 0.228 e. The molecule has 18 heavy (non-hydrogen) atoms. The average molecular weight is 313 g/mol. The largest absolute Gasteiger partial charge is 0.378 e. The molecule has 5 heteroatoms. The van der Waals surface area contributed by atoms with Gasteiger partial charge in [-0.05, 0) is 53.7 Å². The van der Waals surface area contributed by atoms with Gasteiger partial charge < -0.3 is 10.1 Å². The van der Waals surface area contributed by atoms with Crippen LogP contribution in [0.3, 0.4) is 0 Å².